The standard InChI is InChI=1S/C10H19F3N2O/c1-3-9(10(11,12)13)14-15-6-4-5-8(15)7-16-2/h8-9,14H,3-7H2,1-2H3/t8-,9+/m0/s1. The van der Waals surface area contributed by atoms with Gasteiger partial charge in [-0.1, -0.05) is 6.92 Å². The Morgan fingerprint density at radius 1 is 1.50 bits per heavy atom. The highest BCUT2D eigenvalue weighted by atomic mass is 19.4. The summed E-state index contributed by atoms with van der Waals surface area (Å²) in [6, 6.07) is -1.40. The molecule has 1 N–H and O–H groups in total. The Morgan fingerprint density at radius 2 is 2.19 bits per heavy atom. The molecule has 0 spiro atoms. The smallest absolute Gasteiger partial charge is 0.383 e. The van der Waals surface area contributed by atoms with Crippen LogP contribution in [0.4, 0.5) is 13.2 Å². The van der Waals surface area contributed by atoms with Gasteiger partial charge in [0.15, 0.2) is 0 Å². The number of nitrogens with zero attached hydrogens (tertiary/aromatic N) is 1. The van der Waals surface area contributed by atoms with Gasteiger partial charge >= 0.3 is 6.18 Å². The molecule has 1 heterocycles. The van der Waals surface area contributed by atoms with Gasteiger partial charge in [-0.3, -0.25) is 0 Å². The highest BCUT2D eigenvalue weighted by molar-refractivity contribution is 4.80. The lowest BCUT2D eigenvalue weighted by atomic mass is 10.2. The third kappa shape index (κ3) is 3.61. The molecule has 1 aliphatic rings. The molecule has 1 aliphatic heterocycles. The third-order valence-corrected chi connectivity index (χ3v) is 2.86. The summed E-state index contributed by atoms with van der Waals surface area (Å²) in [6.07, 6.45) is -2.35. The molecule has 2 atom stereocenters. The Morgan fingerprint density at radius 3 is 2.69 bits per heavy atom. The van der Waals surface area contributed by atoms with Crippen LogP contribution in [-0.4, -0.2) is 43.5 Å². The van der Waals surface area contributed by atoms with Crippen LogP contribution in [0.15, 0.2) is 0 Å². The van der Waals surface area contributed by atoms with Gasteiger partial charge in [0, 0.05) is 19.7 Å². The topological polar surface area (TPSA) is 24.5 Å². The van der Waals surface area contributed by atoms with Gasteiger partial charge in [0.1, 0.15) is 6.04 Å². The van der Waals surface area contributed by atoms with Crippen molar-refractivity contribution in [2.45, 2.75) is 44.4 Å². The van der Waals surface area contributed by atoms with Crippen LogP contribution in [-0.2, 0) is 4.74 Å². The van der Waals surface area contributed by atoms with Crippen molar-refractivity contribution in [3.8, 4) is 0 Å². The predicted octanol–water partition coefficient (Wildman–Crippen LogP) is 1.94. The van der Waals surface area contributed by atoms with Crippen LogP contribution in [0.25, 0.3) is 0 Å². The molecule has 0 radical (unpaired) electrons. The summed E-state index contributed by atoms with van der Waals surface area (Å²) >= 11 is 0. The molecule has 0 saturated carbocycles. The minimum Gasteiger partial charge on any atom is -0.383 e. The number of rotatable bonds is 5. The minimum absolute atomic E-state index is 0.0414. The quantitative estimate of drug-likeness (QED) is 0.794. The molecule has 0 unspecified atom stereocenters. The third-order valence-electron chi connectivity index (χ3n) is 2.86. The summed E-state index contributed by atoms with van der Waals surface area (Å²) in [5.41, 5.74) is 2.57. The first-order valence-corrected chi connectivity index (χ1v) is 5.57. The van der Waals surface area contributed by atoms with Gasteiger partial charge in [-0.15, -0.1) is 0 Å². The van der Waals surface area contributed by atoms with Crippen molar-refractivity contribution in [3.63, 3.8) is 0 Å². The summed E-state index contributed by atoms with van der Waals surface area (Å²) in [5.74, 6) is 0. The molecule has 16 heavy (non-hydrogen) atoms. The minimum atomic E-state index is -4.19. The van der Waals surface area contributed by atoms with Crippen molar-refractivity contribution in [1.82, 2.24) is 10.4 Å². The Kier molecular flexibility index (Phi) is 5.01. The largest absolute Gasteiger partial charge is 0.405 e. The molecule has 0 aromatic heterocycles. The van der Waals surface area contributed by atoms with Gasteiger partial charge in [-0.05, 0) is 19.3 Å². The maximum Gasteiger partial charge on any atom is 0.405 e. The average molecular weight is 240 g/mol. The van der Waals surface area contributed by atoms with E-state index < -0.39 is 12.2 Å². The summed E-state index contributed by atoms with van der Waals surface area (Å²) in [6.45, 7) is 2.66. The summed E-state index contributed by atoms with van der Waals surface area (Å²) < 4.78 is 42.7. The number of hydrazine groups is 1. The second-order valence-electron chi connectivity index (χ2n) is 4.08. The number of alkyl halides is 3. The van der Waals surface area contributed by atoms with Crippen LogP contribution in [0, 0.1) is 0 Å². The summed E-state index contributed by atoms with van der Waals surface area (Å²) in [5, 5.41) is 1.67. The molecule has 0 aliphatic carbocycles. The zero-order valence-corrected chi connectivity index (χ0v) is 9.68. The van der Waals surface area contributed by atoms with Crippen LogP contribution in [0.3, 0.4) is 0 Å². The Balaban J connectivity index is 2.51. The first-order valence-electron chi connectivity index (χ1n) is 5.57. The lowest BCUT2D eigenvalue weighted by Crippen LogP contribution is -2.53. The number of hydrogen-bond donors (Lipinski definition) is 1. The molecular weight excluding hydrogens is 221 g/mol. The number of halogens is 3. The van der Waals surface area contributed by atoms with Crippen LogP contribution in [0.1, 0.15) is 26.2 Å². The van der Waals surface area contributed by atoms with E-state index in [1.165, 1.54) is 6.92 Å². The molecule has 96 valence electrons. The molecule has 0 amide bonds. The predicted molar refractivity (Wildman–Crippen MR) is 54.9 cm³/mol. The zero-order valence-electron chi connectivity index (χ0n) is 9.68. The van der Waals surface area contributed by atoms with E-state index in [4.69, 9.17) is 4.74 Å². The van der Waals surface area contributed by atoms with Crippen molar-refractivity contribution in [1.29, 1.82) is 0 Å². The van der Waals surface area contributed by atoms with Crippen LogP contribution >= 0.6 is 0 Å². The molecule has 0 bridgehead atoms. The fourth-order valence-electron chi connectivity index (χ4n) is 1.97. The SMILES string of the molecule is CC[C@@H](NN1CCC[C@H]1COC)C(F)(F)F. The number of nitrogens with one attached hydrogen (secondary N) is 1. The van der Waals surface area contributed by atoms with E-state index in [0.29, 0.717) is 13.2 Å². The Labute approximate surface area is 93.9 Å². The van der Waals surface area contributed by atoms with Crippen LogP contribution < -0.4 is 5.43 Å². The van der Waals surface area contributed by atoms with E-state index >= 15 is 0 Å². The van der Waals surface area contributed by atoms with E-state index in [1.807, 2.05) is 0 Å². The highest BCUT2D eigenvalue weighted by Gasteiger charge is 2.40. The number of methoxy groups -OCH3 is 1. The molecule has 3 nitrogen and oxygen atoms in total. The second-order valence-corrected chi connectivity index (χ2v) is 4.08. The van der Waals surface area contributed by atoms with E-state index in [9.17, 15) is 13.2 Å². The van der Waals surface area contributed by atoms with E-state index in [0.717, 1.165) is 12.8 Å². The Hall–Kier alpha value is -0.330. The van der Waals surface area contributed by atoms with Gasteiger partial charge in [-0.2, -0.15) is 13.2 Å². The normalized spacial score (nSPS) is 24.9. The molecule has 1 rings (SSSR count). The molecular formula is C10H19F3N2O. The van der Waals surface area contributed by atoms with Gasteiger partial charge in [-0.25, -0.2) is 10.4 Å². The van der Waals surface area contributed by atoms with Crippen molar-refractivity contribution >= 4 is 0 Å². The van der Waals surface area contributed by atoms with Crippen molar-refractivity contribution in [2.75, 3.05) is 20.3 Å². The molecule has 0 aromatic rings. The van der Waals surface area contributed by atoms with Gasteiger partial charge in [0.05, 0.1) is 6.61 Å². The monoisotopic (exact) mass is 240 g/mol. The fourth-order valence-corrected chi connectivity index (χ4v) is 1.97. The highest BCUT2D eigenvalue weighted by Crippen LogP contribution is 2.24. The van der Waals surface area contributed by atoms with E-state index in [1.54, 1.807) is 12.1 Å². The first-order chi connectivity index (χ1) is 7.49. The van der Waals surface area contributed by atoms with Crippen LogP contribution in [0.5, 0.6) is 0 Å². The van der Waals surface area contributed by atoms with E-state index in [-0.39, 0.29) is 12.5 Å². The van der Waals surface area contributed by atoms with Crippen molar-refractivity contribution < 1.29 is 17.9 Å². The first kappa shape index (κ1) is 13.7. The number of ether oxygens (including phenoxy) is 1. The second kappa shape index (κ2) is 5.84. The molecule has 6 heteroatoms. The number of hydrogen-bond acceptors (Lipinski definition) is 3. The molecule has 0 aromatic carbocycles. The maximum atomic E-state index is 12.6. The maximum absolute atomic E-state index is 12.6. The van der Waals surface area contributed by atoms with Crippen molar-refractivity contribution in [3.05, 3.63) is 0 Å². The Bertz CT molecular complexity index is 211. The zero-order chi connectivity index (χ0) is 12.2. The molecule has 1 saturated heterocycles. The fraction of sp³-hybridized carbons (Fsp3) is 1.00. The van der Waals surface area contributed by atoms with Gasteiger partial charge in [0.25, 0.3) is 0 Å². The van der Waals surface area contributed by atoms with Crippen LogP contribution in [0.2, 0.25) is 0 Å². The molecule has 1 fully saturated rings. The summed E-state index contributed by atoms with van der Waals surface area (Å²) in [4.78, 5) is 0. The lowest BCUT2D eigenvalue weighted by Gasteiger charge is -2.30. The van der Waals surface area contributed by atoms with Gasteiger partial charge < -0.3 is 4.74 Å². The van der Waals surface area contributed by atoms with Gasteiger partial charge in [0.2, 0.25) is 0 Å². The van der Waals surface area contributed by atoms with E-state index in [2.05, 4.69) is 5.43 Å². The summed E-state index contributed by atoms with van der Waals surface area (Å²) in [7, 11) is 1.57. The van der Waals surface area contributed by atoms with Crippen molar-refractivity contribution in [2.24, 2.45) is 0 Å². The lowest BCUT2D eigenvalue weighted by molar-refractivity contribution is -0.170. The average Bonchev–Trinajstić information content (AvgIpc) is 2.60.